The molecule has 0 aliphatic heterocycles. The lowest BCUT2D eigenvalue weighted by atomic mass is 10.1. The van der Waals surface area contributed by atoms with Crippen molar-refractivity contribution in [2.24, 2.45) is 5.73 Å². The quantitative estimate of drug-likeness (QED) is 0.536. The smallest absolute Gasteiger partial charge is 0.127 e. The van der Waals surface area contributed by atoms with Crippen LogP contribution in [0.1, 0.15) is 19.3 Å². The fraction of sp³-hybridized carbons (Fsp3) is 0.333. The molecule has 0 aromatic heterocycles. The number of unbranched alkanes of at least 4 members (excludes halogenated alkanes) is 1. The highest BCUT2D eigenvalue weighted by Crippen LogP contribution is 2.23. The number of benzene rings is 2. The first kappa shape index (κ1) is 16.7. The zero-order chi connectivity index (χ0) is 15.6. The van der Waals surface area contributed by atoms with E-state index in [-0.39, 0.29) is 6.04 Å². The normalized spacial score (nSPS) is 11.9. The van der Waals surface area contributed by atoms with Gasteiger partial charge >= 0.3 is 0 Å². The Morgan fingerprint density at radius 3 is 2.18 bits per heavy atom. The molecule has 0 fully saturated rings. The predicted octanol–water partition coefficient (Wildman–Crippen LogP) is 4.29. The Hall–Kier alpha value is -1.65. The minimum absolute atomic E-state index is 0.192. The molecule has 0 spiro atoms. The van der Waals surface area contributed by atoms with Crippen molar-refractivity contribution >= 4 is 12.6 Å². The van der Waals surface area contributed by atoms with E-state index in [0.717, 1.165) is 42.3 Å². The summed E-state index contributed by atoms with van der Waals surface area (Å²) in [5, 5.41) is 0. The number of para-hydroxylation sites is 1. The first-order valence-electron chi connectivity index (χ1n) is 7.60. The second kappa shape index (κ2) is 9.38. The van der Waals surface area contributed by atoms with Gasteiger partial charge in [-0.1, -0.05) is 18.2 Å². The van der Waals surface area contributed by atoms with Gasteiger partial charge in [0.25, 0.3) is 0 Å². The number of rotatable bonds is 9. The lowest BCUT2D eigenvalue weighted by molar-refractivity contribution is 0.303. The van der Waals surface area contributed by atoms with E-state index in [0.29, 0.717) is 6.61 Å². The van der Waals surface area contributed by atoms with Gasteiger partial charge in [-0.25, -0.2) is 0 Å². The number of thiol groups is 1. The first-order valence-corrected chi connectivity index (χ1v) is 8.23. The molecule has 3 nitrogen and oxygen atoms in total. The minimum atomic E-state index is 0.192. The molecule has 0 heterocycles. The number of nitrogens with two attached hydrogens (primary N) is 1. The largest absolute Gasteiger partial charge is 0.494 e. The summed E-state index contributed by atoms with van der Waals surface area (Å²) in [6, 6.07) is 17.6. The Morgan fingerprint density at radius 1 is 0.864 bits per heavy atom. The molecule has 0 aliphatic rings. The molecule has 0 aliphatic carbocycles. The van der Waals surface area contributed by atoms with Crippen LogP contribution < -0.4 is 15.2 Å². The Morgan fingerprint density at radius 2 is 1.50 bits per heavy atom. The first-order chi connectivity index (χ1) is 10.8. The highest BCUT2D eigenvalue weighted by molar-refractivity contribution is 7.80. The molecule has 0 radical (unpaired) electrons. The summed E-state index contributed by atoms with van der Waals surface area (Å²) in [6.07, 6.45) is 3.07. The maximum absolute atomic E-state index is 5.82. The number of hydrogen-bond acceptors (Lipinski definition) is 4. The third kappa shape index (κ3) is 6.00. The predicted molar refractivity (Wildman–Crippen MR) is 94.1 cm³/mol. The van der Waals surface area contributed by atoms with Crippen molar-refractivity contribution in [1.29, 1.82) is 0 Å². The molecule has 0 bridgehead atoms. The standard InChI is InChI=1S/C18H23NO2S/c19-15(14-22)6-4-5-13-20-16-9-11-18(12-10-16)21-17-7-2-1-3-8-17/h1-3,7-12,15,22H,4-6,13-14,19H2. The maximum Gasteiger partial charge on any atom is 0.127 e. The summed E-state index contributed by atoms with van der Waals surface area (Å²) in [5.41, 5.74) is 5.82. The van der Waals surface area contributed by atoms with E-state index in [1.165, 1.54) is 0 Å². The highest BCUT2D eigenvalue weighted by Gasteiger charge is 2.00. The lowest BCUT2D eigenvalue weighted by Gasteiger charge is -2.10. The van der Waals surface area contributed by atoms with Gasteiger partial charge in [-0.05, 0) is 55.7 Å². The number of ether oxygens (including phenoxy) is 2. The van der Waals surface area contributed by atoms with Crippen molar-refractivity contribution in [3.05, 3.63) is 54.6 Å². The molecule has 2 aromatic rings. The van der Waals surface area contributed by atoms with Gasteiger partial charge in [0.1, 0.15) is 17.2 Å². The molecule has 0 amide bonds. The SMILES string of the molecule is NC(CS)CCCCOc1ccc(Oc2ccccc2)cc1. The van der Waals surface area contributed by atoms with E-state index in [4.69, 9.17) is 15.2 Å². The van der Waals surface area contributed by atoms with Crippen LogP contribution in [-0.2, 0) is 0 Å². The molecule has 2 aromatic carbocycles. The highest BCUT2D eigenvalue weighted by atomic mass is 32.1. The van der Waals surface area contributed by atoms with Crippen molar-refractivity contribution in [1.82, 2.24) is 0 Å². The average molecular weight is 317 g/mol. The van der Waals surface area contributed by atoms with Crippen molar-refractivity contribution in [3.63, 3.8) is 0 Å². The Kier molecular flexibility index (Phi) is 7.13. The van der Waals surface area contributed by atoms with Crippen LogP contribution in [0.3, 0.4) is 0 Å². The Labute approximate surface area is 137 Å². The molecular formula is C18H23NO2S. The van der Waals surface area contributed by atoms with E-state index in [9.17, 15) is 0 Å². The second-order valence-electron chi connectivity index (χ2n) is 5.17. The van der Waals surface area contributed by atoms with Gasteiger partial charge in [-0.2, -0.15) is 12.6 Å². The van der Waals surface area contributed by atoms with Crippen molar-refractivity contribution in [2.75, 3.05) is 12.4 Å². The molecule has 22 heavy (non-hydrogen) atoms. The van der Waals surface area contributed by atoms with Crippen LogP contribution in [-0.4, -0.2) is 18.4 Å². The van der Waals surface area contributed by atoms with Crippen LogP contribution in [0.15, 0.2) is 54.6 Å². The van der Waals surface area contributed by atoms with Crippen molar-refractivity contribution < 1.29 is 9.47 Å². The summed E-state index contributed by atoms with van der Waals surface area (Å²) >= 11 is 4.17. The molecule has 0 saturated heterocycles. The molecular weight excluding hydrogens is 294 g/mol. The molecule has 2 N–H and O–H groups in total. The Bertz CT molecular complexity index is 531. The van der Waals surface area contributed by atoms with Gasteiger partial charge in [0.15, 0.2) is 0 Å². The van der Waals surface area contributed by atoms with E-state index < -0.39 is 0 Å². The van der Waals surface area contributed by atoms with Crippen LogP contribution in [0.5, 0.6) is 17.2 Å². The zero-order valence-electron chi connectivity index (χ0n) is 12.7. The van der Waals surface area contributed by atoms with Crippen molar-refractivity contribution in [2.45, 2.75) is 25.3 Å². The topological polar surface area (TPSA) is 44.5 Å². The minimum Gasteiger partial charge on any atom is -0.494 e. The molecule has 0 saturated carbocycles. The van der Waals surface area contributed by atoms with Gasteiger partial charge in [-0.15, -0.1) is 0 Å². The second-order valence-corrected chi connectivity index (χ2v) is 5.54. The van der Waals surface area contributed by atoms with Crippen LogP contribution in [0, 0.1) is 0 Å². The maximum atomic E-state index is 5.82. The zero-order valence-corrected chi connectivity index (χ0v) is 13.5. The van der Waals surface area contributed by atoms with Gasteiger partial charge in [0.05, 0.1) is 6.61 Å². The average Bonchev–Trinajstić information content (AvgIpc) is 2.57. The van der Waals surface area contributed by atoms with Crippen LogP contribution in [0.2, 0.25) is 0 Å². The van der Waals surface area contributed by atoms with Crippen LogP contribution in [0.4, 0.5) is 0 Å². The monoisotopic (exact) mass is 317 g/mol. The molecule has 2 rings (SSSR count). The van der Waals surface area contributed by atoms with Gasteiger partial charge < -0.3 is 15.2 Å². The fourth-order valence-electron chi connectivity index (χ4n) is 2.02. The number of hydrogen-bond donors (Lipinski definition) is 2. The molecule has 1 atom stereocenters. The van der Waals surface area contributed by atoms with Crippen molar-refractivity contribution in [3.8, 4) is 17.2 Å². The summed E-state index contributed by atoms with van der Waals surface area (Å²) in [6.45, 7) is 0.707. The van der Waals surface area contributed by atoms with Crippen LogP contribution in [0.25, 0.3) is 0 Å². The summed E-state index contributed by atoms with van der Waals surface area (Å²) in [7, 11) is 0. The summed E-state index contributed by atoms with van der Waals surface area (Å²) in [4.78, 5) is 0. The van der Waals surface area contributed by atoms with Crippen LogP contribution >= 0.6 is 12.6 Å². The van der Waals surface area contributed by atoms with Gasteiger partial charge in [-0.3, -0.25) is 0 Å². The third-order valence-electron chi connectivity index (χ3n) is 3.28. The van der Waals surface area contributed by atoms with Gasteiger partial charge in [0, 0.05) is 11.8 Å². The molecule has 1 unspecified atom stereocenters. The van der Waals surface area contributed by atoms with E-state index in [1.54, 1.807) is 0 Å². The van der Waals surface area contributed by atoms with E-state index in [1.807, 2.05) is 54.6 Å². The Balaban J connectivity index is 1.70. The lowest BCUT2D eigenvalue weighted by Crippen LogP contribution is -2.21. The molecule has 4 heteroatoms. The summed E-state index contributed by atoms with van der Waals surface area (Å²) < 4.78 is 11.4. The summed E-state index contributed by atoms with van der Waals surface area (Å²) in [5.74, 6) is 3.23. The van der Waals surface area contributed by atoms with Gasteiger partial charge in [0.2, 0.25) is 0 Å². The van der Waals surface area contributed by atoms with E-state index >= 15 is 0 Å². The third-order valence-corrected chi connectivity index (χ3v) is 3.74. The molecule has 118 valence electrons. The van der Waals surface area contributed by atoms with E-state index in [2.05, 4.69) is 12.6 Å². The fourth-order valence-corrected chi connectivity index (χ4v) is 2.20.